The summed E-state index contributed by atoms with van der Waals surface area (Å²) in [5.74, 6) is 0.667. The summed E-state index contributed by atoms with van der Waals surface area (Å²) < 4.78 is 10.9. The number of carbonyl (C=O) groups excluding carboxylic acids is 2. The van der Waals surface area contributed by atoms with E-state index in [1.54, 1.807) is 7.11 Å². The monoisotopic (exact) mass is 433 g/mol. The van der Waals surface area contributed by atoms with Gasteiger partial charge in [-0.05, 0) is 64.0 Å². The molecule has 0 aliphatic carbocycles. The lowest BCUT2D eigenvalue weighted by atomic mass is 9.71. The topological polar surface area (TPSA) is 71.1 Å². The van der Waals surface area contributed by atoms with Gasteiger partial charge in [-0.1, -0.05) is 13.8 Å². The van der Waals surface area contributed by atoms with Crippen LogP contribution in [-0.2, 0) is 9.53 Å². The van der Waals surface area contributed by atoms with Crippen LogP contribution in [0, 0.1) is 5.41 Å². The average Bonchev–Trinajstić information content (AvgIpc) is 2.75. The van der Waals surface area contributed by atoms with Gasteiger partial charge in [0.05, 0.1) is 12.8 Å². The highest BCUT2D eigenvalue weighted by molar-refractivity contribution is 5.77. The van der Waals surface area contributed by atoms with Crippen molar-refractivity contribution in [3.05, 3.63) is 18.2 Å². The van der Waals surface area contributed by atoms with Crippen LogP contribution in [0.4, 0.5) is 16.2 Å². The first-order chi connectivity index (χ1) is 14.8. The Morgan fingerprint density at radius 1 is 1.06 bits per heavy atom. The third-order valence-electron chi connectivity index (χ3n) is 6.06. The van der Waals surface area contributed by atoms with Crippen LogP contribution in [0.25, 0.3) is 0 Å². The first-order valence-electron chi connectivity index (χ1n) is 11.4. The molecule has 2 amide bonds. The van der Waals surface area contributed by atoms with E-state index in [0.717, 1.165) is 57.5 Å². The lowest BCUT2D eigenvalue weighted by Crippen LogP contribution is -2.49. The number of hydrogen-bond donors (Lipinski definition) is 1. The maximum atomic E-state index is 12.3. The number of methoxy groups -OCH3 is 1. The molecule has 1 aromatic carbocycles. The number of hydrogen-bond acceptors (Lipinski definition) is 5. The van der Waals surface area contributed by atoms with Crippen LogP contribution in [0.3, 0.4) is 0 Å². The third kappa shape index (κ3) is 6.52. The predicted octanol–water partition coefficient (Wildman–Crippen LogP) is 4.91. The molecular formula is C24H39N3O4. The second-order valence-electron chi connectivity index (χ2n) is 9.10. The predicted molar refractivity (Wildman–Crippen MR) is 125 cm³/mol. The number of rotatable bonds is 4. The minimum Gasteiger partial charge on any atom is -0.494 e. The molecule has 2 heterocycles. The minimum absolute atomic E-state index is 0.194. The van der Waals surface area contributed by atoms with Crippen molar-refractivity contribution in [1.82, 2.24) is 4.90 Å². The summed E-state index contributed by atoms with van der Waals surface area (Å²) >= 11 is 0. The quantitative estimate of drug-likeness (QED) is 0.684. The summed E-state index contributed by atoms with van der Waals surface area (Å²) in [4.78, 5) is 27.3. The molecule has 1 spiro atoms. The van der Waals surface area contributed by atoms with E-state index in [-0.39, 0.29) is 6.09 Å². The van der Waals surface area contributed by atoms with Gasteiger partial charge in [0.2, 0.25) is 6.41 Å². The molecular weight excluding hydrogens is 394 g/mol. The average molecular weight is 434 g/mol. The summed E-state index contributed by atoms with van der Waals surface area (Å²) in [6, 6.07) is 5.89. The summed E-state index contributed by atoms with van der Waals surface area (Å²) in [6.07, 6.45) is 4.77. The Hall–Kier alpha value is -2.44. The van der Waals surface area contributed by atoms with Gasteiger partial charge in [0.25, 0.3) is 0 Å². The summed E-state index contributed by atoms with van der Waals surface area (Å²) in [7, 11) is 1.61. The van der Waals surface area contributed by atoms with E-state index in [1.165, 1.54) is 0 Å². The molecule has 0 atom stereocenters. The fourth-order valence-electron chi connectivity index (χ4n) is 4.29. The molecule has 3 rings (SSSR count). The molecule has 0 aromatic heterocycles. The van der Waals surface area contributed by atoms with Crippen LogP contribution >= 0.6 is 0 Å². The Balaban J connectivity index is 0.00000166. The van der Waals surface area contributed by atoms with Crippen molar-refractivity contribution in [2.75, 3.05) is 43.5 Å². The summed E-state index contributed by atoms with van der Waals surface area (Å²) in [6.45, 7) is 13.2. The molecule has 1 N–H and O–H groups in total. The van der Waals surface area contributed by atoms with Crippen molar-refractivity contribution in [2.45, 2.75) is 65.9 Å². The molecule has 0 unspecified atom stereocenters. The van der Waals surface area contributed by atoms with E-state index < -0.39 is 5.60 Å². The van der Waals surface area contributed by atoms with E-state index in [1.807, 2.05) is 57.7 Å². The van der Waals surface area contributed by atoms with E-state index in [2.05, 4.69) is 10.2 Å². The van der Waals surface area contributed by atoms with Gasteiger partial charge in [-0.15, -0.1) is 0 Å². The van der Waals surface area contributed by atoms with Gasteiger partial charge in [-0.2, -0.15) is 0 Å². The summed E-state index contributed by atoms with van der Waals surface area (Å²) in [5, 5.41) is 2.66. The molecule has 0 radical (unpaired) electrons. The molecule has 2 aliphatic heterocycles. The van der Waals surface area contributed by atoms with Crippen molar-refractivity contribution < 1.29 is 19.1 Å². The Morgan fingerprint density at radius 2 is 1.65 bits per heavy atom. The van der Waals surface area contributed by atoms with Crippen LogP contribution in [0.1, 0.15) is 60.3 Å². The van der Waals surface area contributed by atoms with Gasteiger partial charge in [0.1, 0.15) is 11.4 Å². The van der Waals surface area contributed by atoms with Crippen molar-refractivity contribution in [2.24, 2.45) is 5.41 Å². The lowest BCUT2D eigenvalue weighted by molar-refractivity contribution is -0.105. The number of amides is 2. The van der Waals surface area contributed by atoms with Crippen LogP contribution in [0.15, 0.2) is 18.2 Å². The minimum atomic E-state index is -0.449. The molecule has 2 saturated heterocycles. The highest BCUT2D eigenvalue weighted by Gasteiger charge is 2.39. The molecule has 2 aliphatic rings. The fourth-order valence-corrected chi connectivity index (χ4v) is 4.29. The van der Waals surface area contributed by atoms with Crippen molar-refractivity contribution in [3.63, 3.8) is 0 Å². The van der Waals surface area contributed by atoms with Gasteiger partial charge in [-0.25, -0.2) is 4.79 Å². The highest BCUT2D eigenvalue weighted by Crippen LogP contribution is 2.43. The molecule has 174 valence electrons. The zero-order valence-corrected chi connectivity index (χ0v) is 20.0. The standard InChI is InChI=1S/C22H33N3O4.C2H6/c1-21(2,3)29-20(27)25-13-9-22(10-14-25)7-11-24(12-8-22)17-5-6-18(23-16-26)19(15-17)28-4;1-2/h5-6,15-16H,7-14H2,1-4H3,(H,23,26);1-2H3. The van der Waals surface area contributed by atoms with Crippen molar-refractivity contribution in [3.8, 4) is 5.75 Å². The van der Waals surface area contributed by atoms with Gasteiger partial charge in [0, 0.05) is 37.9 Å². The molecule has 7 nitrogen and oxygen atoms in total. The zero-order valence-electron chi connectivity index (χ0n) is 20.0. The van der Waals surface area contributed by atoms with E-state index in [4.69, 9.17) is 9.47 Å². The zero-order chi connectivity index (χ0) is 23.1. The number of benzene rings is 1. The van der Waals surface area contributed by atoms with Crippen molar-refractivity contribution in [1.29, 1.82) is 0 Å². The van der Waals surface area contributed by atoms with Crippen LogP contribution in [0.5, 0.6) is 5.75 Å². The SMILES string of the molecule is CC.COc1cc(N2CCC3(CCN(C(=O)OC(C)(C)C)CC3)CC2)ccc1NC=O. The summed E-state index contributed by atoms with van der Waals surface area (Å²) in [5.41, 5.74) is 1.65. The Kier molecular flexibility index (Phi) is 8.60. The first kappa shape index (κ1) is 24.8. The largest absolute Gasteiger partial charge is 0.494 e. The van der Waals surface area contributed by atoms with Crippen LogP contribution in [-0.4, -0.2) is 56.3 Å². The number of nitrogens with one attached hydrogen (secondary N) is 1. The Labute approximate surface area is 187 Å². The lowest BCUT2D eigenvalue weighted by Gasteiger charge is -2.47. The fraction of sp³-hybridized carbons (Fsp3) is 0.667. The number of nitrogens with zero attached hydrogens (tertiary/aromatic N) is 2. The van der Waals surface area contributed by atoms with E-state index in [0.29, 0.717) is 23.3 Å². The van der Waals surface area contributed by atoms with Crippen LogP contribution < -0.4 is 15.0 Å². The highest BCUT2D eigenvalue weighted by atomic mass is 16.6. The van der Waals surface area contributed by atoms with Gasteiger partial charge in [0.15, 0.2) is 0 Å². The Morgan fingerprint density at radius 3 is 2.16 bits per heavy atom. The maximum Gasteiger partial charge on any atom is 0.410 e. The smallest absolute Gasteiger partial charge is 0.410 e. The Bertz CT molecular complexity index is 727. The second-order valence-corrected chi connectivity index (χ2v) is 9.10. The molecule has 31 heavy (non-hydrogen) atoms. The number of anilines is 2. The van der Waals surface area contributed by atoms with E-state index in [9.17, 15) is 9.59 Å². The maximum absolute atomic E-state index is 12.3. The molecule has 7 heteroatoms. The van der Waals surface area contributed by atoms with Crippen molar-refractivity contribution >= 4 is 23.9 Å². The number of piperidine rings is 2. The third-order valence-corrected chi connectivity index (χ3v) is 6.06. The van der Waals surface area contributed by atoms with Gasteiger partial charge < -0.3 is 24.6 Å². The van der Waals surface area contributed by atoms with Gasteiger partial charge >= 0.3 is 6.09 Å². The second kappa shape index (κ2) is 10.7. The number of carbonyl (C=O) groups is 2. The molecule has 0 saturated carbocycles. The number of likely N-dealkylation sites (tertiary alicyclic amines) is 1. The molecule has 2 fully saturated rings. The van der Waals surface area contributed by atoms with E-state index >= 15 is 0 Å². The number of ether oxygens (including phenoxy) is 2. The molecule has 1 aromatic rings. The first-order valence-corrected chi connectivity index (χ1v) is 11.4. The molecule has 0 bridgehead atoms. The normalized spacial score (nSPS) is 18.0. The van der Waals surface area contributed by atoms with Gasteiger partial charge in [-0.3, -0.25) is 4.79 Å². The van der Waals surface area contributed by atoms with Crippen LogP contribution in [0.2, 0.25) is 0 Å².